The highest BCUT2D eigenvalue weighted by Gasteiger charge is 2.08. The monoisotopic (exact) mass is 329 g/mol. The molecule has 2 aromatic carbocycles. The van der Waals surface area contributed by atoms with Gasteiger partial charge in [-0.3, -0.25) is 0 Å². The number of hydrogen-bond acceptors (Lipinski definition) is 2. The summed E-state index contributed by atoms with van der Waals surface area (Å²) in [5, 5.41) is 10.00. The average Bonchev–Trinajstić information content (AvgIpc) is 2.89. The van der Waals surface area contributed by atoms with Crippen LogP contribution in [-0.2, 0) is 0 Å². The normalized spacial score (nSPS) is 11.0. The molecule has 110 valence electrons. The van der Waals surface area contributed by atoms with Gasteiger partial charge < -0.3 is 4.98 Å². The molecule has 0 spiro atoms. The molecule has 0 saturated carbocycles. The molecule has 1 N–H and O–H groups in total. The van der Waals surface area contributed by atoms with Gasteiger partial charge in [-0.1, -0.05) is 35.9 Å². The number of hydrogen-bond donors (Lipinski definition) is 1. The molecule has 0 atom stereocenters. The summed E-state index contributed by atoms with van der Waals surface area (Å²) in [4.78, 5) is 7.64. The molecule has 0 radical (unpaired) electrons. The Kier molecular flexibility index (Phi) is 4.87. The maximum atomic E-state index is 9.39. The van der Waals surface area contributed by atoms with Crippen molar-refractivity contribution in [3.05, 3.63) is 64.4 Å². The van der Waals surface area contributed by atoms with E-state index in [1.807, 2.05) is 43.3 Å². The van der Waals surface area contributed by atoms with E-state index >= 15 is 0 Å². The molecule has 0 aliphatic carbocycles. The van der Waals surface area contributed by atoms with Crippen molar-refractivity contribution in [1.29, 1.82) is 5.26 Å². The van der Waals surface area contributed by atoms with Crippen molar-refractivity contribution in [1.82, 2.24) is 9.97 Å². The summed E-state index contributed by atoms with van der Waals surface area (Å²) in [5.74, 6) is 0.554. The van der Waals surface area contributed by atoms with Crippen LogP contribution in [0, 0.1) is 18.3 Å². The van der Waals surface area contributed by atoms with Crippen LogP contribution in [0.25, 0.3) is 22.7 Å². The Bertz CT molecular complexity index is 888. The third kappa shape index (κ3) is 3.14. The number of H-pyrrole nitrogens is 1. The molecule has 3 rings (SSSR count). The second kappa shape index (κ2) is 6.65. The lowest BCUT2D eigenvalue weighted by atomic mass is 10.1. The van der Waals surface area contributed by atoms with Gasteiger partial charge >= 0.3 is 0 Å². The zero-order valence-corrected chi connectivity index (χ0v) is 13.4. The minimum Gasteiger partial charge on any atom is -0.337 e. The van der Waals surface area contributed by atoms with E-state index in [1.165, 1.54) is 0 Å². The van der Waals surface area contributed by atoms with Crippen LogP contribution in [0.15, 0.2) is 42.5 Å². The Labute approximate surface area is 139 Å². The molecular formula is C17H13Cl2N3. The van der Waals surface area contributed by atoms with Crippen LogP contribution in [-0.4, -0.2) is 9.97 Å². The number of allylic oxidation sites excluding steroid dienone is 1. The number of fused-ring (bicyclic) bond motifs is 1. The van der Waals surface area contributed by atoms with Gasteiger partial charge in [-0.2, -0.15) is 5.26 Å². The molecular weight excluding hydrogens is 317 g/mol. The van der Waals surface area contributed by atoms with E-state index in [0.29, 0.717) is 16.4 Å². The first-order valence-corrected chi connectivity index (χ1v) is 6.88. The highest BCUT2D eigenvalue weighted by Crippen LogP contribution is 2.23. The molecule has 22 heavy (non-hydrogen) atoms. The fourth-order valence-electron chi connectivity index (χ4n) is 2.15. The topological polar surface area (TPSA) is 52.5 Å². The van der Waals surface area contributed by atoms with E-state index in [2.05, 4.69) is 16.0 Å². The highest BCUT2D eigenvalue weighted by atomic mass is 35.5. The van der Waals surface area contributed by atoms with Gasteiger partial charge in [0, 0.05) is 5.02 Å². The number of aromatic nitrogens is 2. The number of halogens is 2. The molecule has 3 nitrogen and oxygen atoms in total. The predicted molar refractivity (Wildman–Crippen MR) is 93.0 cm³/mol. The molecule has 1 aromatic heterocycles. The number of rotatable bonds is 2. The fraction of sp³-hybridized carbons (Fsp3) is 0.0588. The van der Waals surface area contributed by atoms with Gasteiger partial charge in [-0.05, 0) is 42.3 Å². The number of nitrogens with zero attached hydrogens (tertiary/aromatic N) is 2. The summed E-state index contributed by atoms with van der Waals surface area (Å²) < 4.78 is 0. The lowest BCUT2D eigenvalue weighted by Crippen LogP contribution is -1.85. The van der Waals surface area contributed by atoms with E-state index in [9.17, 15) is 5.26 Å². The zero-order valence-electron chi connectivity index (χ0n) is 11.8. The van der Waals surface area contributed by atoms with Crippen LogP contribution in [0.2, 0.25) is 5.02 Å². The number of aryl methyl sites for hydroxylation is 1. The second-order valence-electron chi connectivity index (χ2n) is 4.80. The van der Waals surface area contributed by atoms with Crippen LogP contribution in [0.5, 0.6) is 0 Å². The molecule has 0 saturated heterocycles. The fourth-order valence-corrected chi connectivity index (χ4v) is 2.34. The van der Waals surface area contributed by atoms with Gasteiger partial charge in [0.1, 0.15) is 11.9 Å². The van der Waals surface area contributed by atoms with Gasteiger partial charge in [-0.15, -0.1) is 12.4 Å². The number of nitriles is 1. The summed E-state index contributed by atoms with van der Waals surface area (Å²) >= 11 is 6.13. The van der Waals surface area contributed by atoms with Gasteiger partial charge in [-0.25, -0.2) is 4.98 Å². The Balaban J connectivity index is 0.00000176. The van der Waals surface area contributed by atoms with Gasteiger partial charge in [0.2, 0.25) is 0 Å². The molecule has 0 bridgehead atoms. The minimum absolute atomic E-state index is 0. The van der Waals surface area contributed by atoms with Crippen molar-refractivity contribution in [2.75, 3.05) is 0 Å². The summed E-state index contributed by atoms with van der Waals surface area (Å²) in [7, 11) is 0. The van der Waals surface area contributed by atoms with Crippen molar-refractivity contribution < 1.29 is 0 Å². The van der Waals surface area contributed by atoms with Gasteiger partial charge in [0.15, 0.2) is 0 Å². The number of imidazole rings is 1. The molecule has 3 aromatic rings. The molecule has 5 heteroatoms. The molecule has 0 aliphatic heterocycles. The van der Waals surface area contributed by atoms with Crippen LogP contribution in [0.3, 0.4) is 0 Å². The quantitative estimate of drug-likeness (QED) is 0.672. The Morgan fingerprint density at radius 1 is 1.27 bits per heavy atom. The number of nitrogens with one attached hydrogen (secondary N) is 1. The van der Waals surface area contributed by atoms with Gasteiger partial charge in [0.05, 0.1) is 16.6 Å². The van der Waals surface area contributed by atoms with Crippen molar-refractivity contribution in [3.63, 3.8) is 0 Å². The number of aromatic amines is 1. The van der Waals surface area contributed by atoms with E-state index in [1.54, 1.807) is 12.1 Å². The lowest BCUT2D eigenvalue weighted by Gasteiger charge is -1.98. The maximum absolute atomic E-state index is 9.39. The largest absolute Gasteiger partial charge is 0.337 e. The van der Waals surface area contributed by atoms with E-state index in [-0.39, 0.29) is 12.4 Å². The van der Waals surface area contributed by atoms with E-state index in [0.717, 1.165) is 22.2 Å². The predicted octanol–water partition coefficient (Wildman–Crippen LogP) is 5.01. The van der Waals surface area contributed by atoms with Crippen LogP contribution in [0.1, 0.15) is 17.0 Å². The standard InChI is InChI=1S/C17H12ClN3.ClH/c1-11-6-7-15-16(8-11)21-17(20-15)13(10-19)9-12-4-2-3-5-14(12)18;/h2-9H,1H3,(H,20,21);1H. The van der Waals surface area contributed by atoms with Crippen LogP contribution < -0.4 is 0 Å². The third-order valence-electron chi connectivity index (χ3n) is 3.22. The van der Waals surface area contributed by atoms with Gasteiger partial charge in [0.25, 0.3) is 0 Å². The smallest absolute Gasteiger partial charge is 0.149 e. The summed E-state index contributed by atoms with van der Waals surface area (Å²) in [5.41, 5.74) is 4.16. The number of benzene rings is 2. The first kappa shape index (κ1) is 16.1. The molecule has 0 aliphatic rings. The highest BCUT2D eigenvalue weighted by molar-refractivity contribution is 6.32. The lowest BCUT2D eigenvalue weighted by molar-refractivity contribution is 1.27. The molecule has 0 unspecified atom stereocenters. The average molecular weight is 330 g/mol. The van der Waals surface area contributed by atoms with Crippen molar-refractivity contribution >= 4 is 46.7 Å². The van der Waals surface area contributed by atoms with Crippen molar-refractivity contribution in [3.8, 4) is 6.07 Å². The second-order valence-corrected chi connectivity index (χ2v) is 5.20. The van der Waals surface area contributed by atoms with E-state index < -0.39 is 0 Å². The van der Waals surface area contributed by atoms with Crippen LogP contribution >= 0.6 is 24.0 Å². The molecule has 0 amide bonds. The Morgan fingerprint density at radius 2 is 2.05 bits per heavy atom. The maximum Gasteiger partial charge on any atom is 0.149 e. The van der Waals surface area contributed by atoms with Crippen molar-refractivity contribution in [2.24, 2.45) is 0 Å². The summed E-state index contributed by atoms with van der Waals surface area (Å²) in [6.45, 7) is 2.02. The van der Waals surface area contributed by atoms with Crippen LogP contribution in [0.4, 0.5) is 0 Å². The first-order chi connectivity index (χ1) is 10.2. The summed E-state index contributed by atoms with van der Waals surface area (Å²) in [6, 6.07) is 15.5. The third-order valence-corrected chi connectivity index (χ3v) is 3.56. The molecule has 0 fully saturated rings. The Hall–Kier alpha value is -2.28. The minimum atomic E-state index is 0. The first-order valence-electron chi connectivity index (χ1n) is 6.50. The van der Waals surface area contributed by atoms with E-state index in [4.69, 9.17) is 11.6 Å². The Morgan fingerprint density at radius 3 is 2.77 bits per heavy atom. The SMILES string of the molecule is Cc1ccc2nc(C(C#N)=Cc3ccccc3Cl)[nH]c2c1.Cl. The molecule has 1 heterocycles. The zero-order chi connectivity index (χ0) is 14.8. The van der Waals surface area contributed by atoms with Crippen molar-refractivity contribution in [2.45, 2.75) is 6.92 Å². The summed E-state index contributed by atoms with van der Waals surface area (Å²) in [6.07, 6.45) is 1.74.